The summed E-state index contributed by atoms with van der Waals surface area (Å²) in [5.41, 5.74) is 1.89. The lowest BCUT2D eigenvalue weighted by Gasteiger charge is -2.04. The van der Waals surface area contributed by atoms with Crippen LogP contribution in [0.3, 0.4) is 0 Å². The SMILES string of the molecule is COC(=O)CCn1cnc2sc(-c3ccccc3)c(C)c2c1=O. The van der Waals surface area contributed by atoms with Crippen molar-refractivity contribution in [2.24, 2.45) is 0 Å². The standard InChI is InChI=1S/C17H16N2O3S/c1-11-14-16(23-15(11)12-6-4-3-5-7-12)18-10-19(17(14)21)9-8-13(20)22-2/h3-7,10H,8-9H2,1-2H3. The predicted octanol–water partition coefficient (Wildman–Crippen LogP) is 3.00. The Kier molecular flexibility index (Phi) is 4.25. The van der Waals surface area contributed by atoms with E-state index in [-0.39, 0.29) is 24.5 Å². The molecular weight excluding hydrogens is 312 g/mol. The first-order chi connectivity index (χ1) is 11.1. The van der Waals surface area contributed by atoms with Crippen LogP contribution in [-0.2, 0) is 16.1 Å². The fourth-order valence-electron chi connectivity index (χ4n) is 2.50. The number of fused-ring (bicyclic) bond motifs is 1. The van der Waals surface area contributed by atoms with Gasteiger partial charge in [0.25, 0.3) is 5.56 Å². The molecule has 6 heteroatoms. The first-order valence-electron chi connectivity index (χ1n) is 7.22. The number of benzene rings is 1. The van der Waals surface area contributed by atoms with Crippen molar-refractivity contribution < 1.29 is 9.53 Å². The molecule has 0 aliphatic heterocycles. The van der Waals surface area contributed by atoms with E-state index in [1.54, 1.807) is 0 Å². The Morgan fingerprint density at radius 3 is 2.74 bits per heavy atom. The van der Waals surface area contributed by atoms with E-state index in [1.165, 1.54) is 29.3 Å². The maximum Gasteiger partial charge on any atom is 0.307 e. The van der Waals surface area contributed by atoms with Crippen molar-refractivity contribution in [2.75, 3.05) is 7.11 Å². The summed E-state index contributed by atoms with van der Waals surface area (Å²) in [6.45, 7) is 2.21. The van der Waals surface area contributed by atoms with Gasteiger partial charge in [-0.1, -0.05) is 30.3 Å². The van der Waals surface area contributed by atoms with E-state index in [9.17, 15) is 9.59 Å². The van der Waals surface area contributed by atoms with Gasteiger partial charge in [0, 0.05) is 11.4 Å². The first kappa shape index (κ1) is 15.4. The molecule has 0 fully saturated rings. The molecule has 0 radical (unpaired) electrons. The van der Waals surface area contributed by atoms with E-state index in [0.717, 1.165) is 20.8 Å². The van der Waals surface area contributed by atoms with Crippen LogP contribution in [0.25, 0.3) is 20.7 Å². The van der Waals surface area contributed by atoms with Crippen LogP contribution in [0.15, 0.2) is 41.5 Å². The number of methoxy groups -OCH3 is 1. The zero-order valence-corrected chi connectivity index (χ0v) is 13.7. The number of thiophene rings is 1. The van der Waals surface area contributed by atoms with Crippen LogP contribution in [0, 0.1) is 6.92 Å². The third kappa shape index (κ3) is 2.90. The Labute approximate surface area is 137 Å². The van der Waals surface area contributed by atoms with Gasteiger partial charge in [0.2, 0.25) is 0 Å². The fourth-order valence-corrected chi connectivity index (χ4v) is 3.64. The van der Waals surface area contributed by atoms with Crippen molar-refractivity contribution in [3.63, 3.8) is 0 Å². The van der Waals surface area contributed by atoms with Crippen molar-refractivity contribution in [3.8, 4) is 10.4 Å². The molecule has 0 amide bonds. The van der Waals surface area contributed by atoms with E-state index in [4.69, 9.17) is 0 Å². The second-order valence-electron chi connectivity index (χ2n) is 5.17. The highest BCUT2D eigenvalue weighted by Gasteiger charge is 2.15. The number of aryl methyl sites for hydroxylation is 2. The molecule has 0 bridgehead atoms. The van der Waals surface area contributed by atoms with Crippen LogP contribution >= 0.6 is 11.3 Å². The molecule has 2 aromatic heterocycles. The molecule has 1 aromatic carbocycles. The minimum atomic E-state index is -0.344. The second-order valence-corrected chi connectivity index (χ2v) is 6.17. The van der Waals surface area contributed by atoms with Gasteiger partial charge in [0.1, 0.15) is 4.83 Å². The molecule has 2 heterocycles. The van der Waals surface area contributed by atoms with E-state index in [2.05, 4.69) is 9.72 Å². The van der Waals surface area contributed by atoms with Crippen LogP contribution in [0.4, 0.5) is 0 Å². The molecule has 0 atom stereocenters. The molecule has 0 saturated carbocycles. The summed E-state index contributed by atoms with van der Waals surface area (Å²) < 4.78 is 6.08. The van der Waals surface area contributed by atoms with E-state index < -0.39 is 0 Å². The van der Waals surface area contributed by atoms with Gasteiger partial charge in [0.05, 0.1) is 25.2 Å². The number of rotatable bonds is 4. The number of hydrogen-bond acceptors (Lipinski definition) is 5. The Morgan fingerprint density at radius 1 is 1.30 bits per heavy atom. The van der Waals surface area contributed by atoms with Gasteiger partial charge in [-0.25, -0.2) is 4.98 Å². The highest BCUT2D eigenvalue weighted by atomic mass is 32.1. The summed E-state index contributed by atoms with van der Waals surface area (Å²) in [7, 11) is 1.34. The summed E-state index contributed by atoms with van der Waals surface area (Å²) >= 11 is 1.51. The van der Waals surface area contributed by atoms with Crippen molar-refractivity contribution in [1.82, 2.24) is 9.55 Å². The van der Waals surface area contributed by atoms with E-state index in [1.807, 2.05) is 37.3 Å². The predicted molar refractivity (Wildman–Crippen MR) is 90.7 cm³/mol. The molecule has 0 saturated heterocycles. The number of carbonyl (C=O) groups is 1. The monoisotopic (exact) mass is 328 g/mol. The Morgan fingerprint density at radius 2 is 2.04 bits per heavy atom. The van der Waals surface area contributed by atoms with Crippen LogP contribution < -0.4 is 5.56 Å². The molecule has 0 N–H and O–H groups in total. The van der Waals surface area contributed by atoms with Crippen molar-refractivity contribution in [1.29, 1.82) is 0 Å². The van der Waals surface area contributed by atoms with Gasteiger partial charge in [-0.05, 0) is 18.1 Å². The molecular formula is C17H16N2O3S. The molecule has 23 heavy (non-hydrogen) atoms. The molecule has 5 nitrogen and oxygen atoms in total. The molecule has 0 aliphatic rings. The number of hydrogen-bond donors (Lipinski definition) is 0. The summed E-state index contributed by atoms with van der Waals surface area (Å²) in [4.78, 5) is 30.1. The average molecular weight is 328 g/mol. The topological polar surface area (TPSA) is 61.2 Å². The quantitative estimate of drug-likeness (QED) is 0.691. The van der Waals surface area contributed by atoms with Gasteiger partial charge in [0.15, 0.2) is 0 Å². The van der Waals surface area contributed by atoms with Gasteiger partial charge in [-0.3, -0.25) is 14.2 Å². The first-order valence-corrected chi connectivity index (χ1v) is 8.04. The largest absolute Gasteiger partial charge is 0.469 e. The molecule has 3 aromatic rings. The summed E-state index contributed by atoms with van der Waals surface area (Å²) in [5, 5.41) is 0.626. The maximum atomic E-state index is 12.7. The number of carbonyl (C=O) groups excluding carboxylic acids is 1. The van der Waals surface area contributed by atoms with Gasteiger partial charge in [-0.15, -0.1) is 11.3 Å². The Bertz CT molecular complexity index is 913. The van der Waals surface area contributed by atoms with Crippen molar-refractivity contribution in [3.05, 3.63) is 52.6 Å². The Balaban J connectivity index is 2.06. The number of nitrogens with zero attached hydrogens (tertiary/aromatic N) is 2. The molecule has 0 spiro atoms. The lowest BCUT2D eigenvalue weighted by Crippen LogP contribution is -2.22. The third-order valence-corrected chi connectivity index (χ3v) is 4.99. The zero-order valence-electron chi connectivity index (χ0n) is 12.9. The highest BCUT2D eigenvalue weighted by Crippen LogP contribution is 2.35. The number of ether oxygens (including phenoxy) is 1. The lowest BCUT2D eigenvalue weighted by molar-refractivity contribution is -0.140. The van der Waals surface area contributed by atoms with Crippen LogP contribution in [0.2, 0.25) is 0 Å². The average Bonchev–Trinajstić information content (AvgIpc) is 2.92. The fraction of sp³-hybridized carbons (Fsp3) is 0.235. The minimum Gasteiger partial charge on any atom is -0.469 e. The van der Waals surface area contributed by atoms with Gasteiger partial charge >= 0.3 is 5.97 Å². The van der Waals surface area contributed by atoms with Crippen LogP contribution in [0.5, 0.6) is 0 Å². The molecule has 3 rings (SSSR count). The smallest absolute Gasteiger partial charge is 0.307 e. The maximum absolute atomic E-state index is 12.7. The Hall–Kier alpha value is -2.47. The van der Waals surface area contributed by atoms with Crippen molar-refractivity contribution in [2.45, 2.75) is 19.9 Å². The van der Waals surface area contributed by atoms with E-state index in [0.29, 0.717) is 5.39 Å². The normalized spacial score (nSPS) is 10.9. The van der Waals surface area contributed by atoms with Crippen LogP contribution in [-0.4, -0.2) is 22.6 Å². The molecule has 0 aliphatic carbocycles. The highest BCUT2D eigenvalue weighted by molar-refractivity contribution is 7.22. The molecule has 118 valence electrons. The van der Waals surface area contributed by atoms with Crippen molar-refractivity contribution >= 4 is 27.5 Å². The minimum absolute atomic E-state index is 0.116. The van der Waals surface area contributed by atoms with Gasteiger partial charge < -0.3 is 4.74 Å². The lowest BCUT2D eigenvalue weighted by atomic mass is 10.1. The number of esters is 1. The van der Waals surface area contributed by atoms with Crippen LogP contribution in [0.1, 0.15) is 12.0 Å². The number of aromatic nitrogens is 2. The summed E-state index contributed by atoms with van der Waals surface area (Å²) in [6, 6.07) is 9.95. The summed E-state index contributed by atoms with van der Waals surface area (Å²) in [6.07, 6.45) is 1.65. The summed E-state index contributed by atoms with van der Waals surface area (Å²) in [5.74, 6) is -0.344. The third-order valence-electron chi connectivity index (χ3n) is 3.74. The second kappa shape index (κ2) is 6.34. The van der Waals surface area contributed by atoms with Gasteiger partial charge in [-0.2, -0.15) is 0 Å². The van der Waals surface area contributed by atoms with E-state index >= 15 is 0 Å². The molecule has 0 unspecified atom stereocenters. The zero-order chi connectivity index (χ0) is 16.4.